The number of rotatable bonds is 4. The smallest absolute Gasteiger partial charge is 0.390 e. The van der Waals surface area contributed by atoms with Crippen LogP contribution < -0.4 is 5.32 Å². The lowest BCUT2D eigenvalue weighted by atomic mass is 9.77. The zero-order valence-corrected chi connectivity index (χ0v) is 15.6. The molecular weight excluding hydrogens is 369 g/mol. The van der Waals surface area contributed by atoms with E-state index in [1.807, 2.05) is 12.1 Å². The maximum absolute atomic E-state index is 13.1. The van der Waals surface area contributed by atoms with Crippen LogP contribution in [0.2, 0.25) is 0 Å². The van der Waals surface area contributed by atoms with Crippen LogP contribution in [0, 0.1) is 6.92 Å². The molecule has 3 aromatic rings. The highest BCUT2D eigenvalue weighted by Crippen LogP contribution is 2.35. The topological polar surface area (TPSA) is 62.5 Å². The van der Waals surface area contributed by atoms with Gasteiger partial charge >= 0.3 is 6.18 Å². The van der Waals surface area contributed by atoms with Gasteiger partial charge in [0.25, 0.3) is 0 Å². The Morgan fingerprint density at radius 2 is 2.00 bits per heavy atom. The third kappa shape index (κ3) is 3.69. The Balaban J connectivity index is 1.73. The predicted molar refractivity (Wildman–Crippen MR) is 100 cm³/mol. The van der Waals surface area contributed by atoms with Gasteiger partial charge in [-0.05, 0) is 44.4 Å². The lowest BCUT2D eigenvalue weighted by Crippen LogP contribution is -2.48. The quantitative estimate of drug-likeness (QED) is 0.703. The van der Waals surface area contributed by atoms with Crippen molar-refractivity contribution >= 4 is 11.5 Å². The van der Waals surface area contributed by atoms with Crippen molar-refractivity contribution in [3.8, 4) is 11.3 Å². The number of hydrogen-bond donors (Lipinski definition) is 2. The van der Waals surface area contributed by atoms with Gasteiger partial charge in [0.15, 0.2) is 0 Å². The summed E-state index contributed by atoms with van der Waals surface area (Å²) < 4.78 is 41.0. The first-order valence-corrected chi connectivity index (χ1v) is 9.11. The van der Waals surface area contributed by atoms with Gasteiger partial charge in [-0.2, -0.15) is 13.2 Å². The molecule has 1 fully saturated rings. The molecule has 4 rings (SSSR count). The number of halogens is 3. The summed E-state index contributed by atoms with van der Waals surface area (Å²) in [5.74, 6) is 0.508. The fourth-order valence-electron chi connectivity index (χ4n) is 3.85. The molecule has 5 nitrogen and oxygen atoms in total. The number of hydrogen-bond acceptors (Lipinski definition) is 4. The lowest BCUT2D eigenvalue weighted by Gasteiger charge is -2.41. The van der Waals surface area contributed by atoms with Crippen molar-refractivity contribution in [1.82, 2.24) is 14.6 Å². The Bertz CT molecular complexity index is 1020. The van der Waals surface area contributed by atoms with Crippen LogP contribution in [0.3, 0.4) is 0 Å². The van der Waals surface area contributed by atoms with E-state index in [1.54, 1.807) is 42.6 Å². The normalized spacial score (nSPS) is 22.3. The Labute approximate surface area is 160 Å². The minimum absolute atomic E-state index is 0.0842. The van der Waals surface area contributed by atoms with Crippen molar-refractivity contribution in [2.24, 2.45) is 0 Å². The molecule has 1 aromatic carbocycles. The van der Waals surface area contributed by atoms with Crippen LogP contribution in [-0.4, -0.2) is 37.5 Å². The number of aromatic nitrogens is 3. The first-order valence-electron chi connectivity index (χ1n) is 9.11. The molecule has 28 heavy (non-hydrogen) atoms. The summed E-state index contributed by atoms with van der Waals surface area (Å²) in [5, 5.41) is 21.6. The minimum Gasteiger partial charge on any atom is -0.390 e. The molecule has 0 amide bonds. The number of aliphatic hydroxyl groups is 1. The van der Waals surface area contributed by atoms with E-state index in [0.717, 1.165) is 5.56 Å². The Hall–Kier alpha value is -2.61. The van der Waals surface area contributed by atoms with Gasteiger partial charge in [0.2, 0.25) is 5.95 Å². The van der Waals surface area contributed by atoms with Gasteiger partial charge in [-0.1, -0.05) is 23.8 Å². The highest BCUT2D eigenvalue weighted by atomic mass is 19.4. The second kappa shape index (κ2) is 6.48. The van der Waals surface area contributed by atoms with Crippen molar-refractivity contribution in [2.75, 3.05) is 5.32 Å². The summed E-state index contributed by atoms with van der Waals surface area (Å²) in [4.78, 5) is 0. The summed E-state index contributed by atoms with van der Waals surface area (Å²) in [6.45, 7) is 3.55. The standard InChI is InChI=1S/C20H21F3N4O/c1-12-5-6-15(13(8-12)9-20(21,22)23)17-16-4-3-7-27(16)18(26-25-17)24-14-10-19(2,28)11-14/h3-8,14,28H,9-11H2,1-2H3,(H,24,26). The van der Waals surface area contributed by atoms with Crippen LogP contribution in [0.4, 0.5) is 19.1 Å². The number of fused-ring (bicyclic) bond motifs is 1. The zero-order valence-electron chi connectivity index (χ0n) is 15.6. The fraction of sp³-hybridized carbons (Fsp3) is 0.400. The minimum atomic E-state index is -4.31. The second-order valence-corrected chi connectivity index (χ2v) is 7.83. The van der Waals surface area contributed by atoms with Gasteiger partial charge in [-0.25, -0.2) is 0 Å². The molecule has 2 N–H and O–H groups in total. The second-order valence-electron chi connectivity index (χ2n) is 7.83. The summed E-state index contributed by atoms with van der Waals surface area (Å²) in [7, 11) is 0. The molecule has 2 heterocycles. The third-order valence-electron chi connectivity index (χ3n) is 5.08. The number of anilines is 1. The largest absolute Gasteiger partial charge is 0.393 e. The van der Waals surface area contributed by atoms with E-state index in [4.69, 9.17) is 0 Å². The SMILES string of the molecule is Cc1ccc(-c2nnc(NC3CC(C)(O)C3)n3cccc23)c(CC(F)(F)F)c1. The van der Waals surface area contributed by atoms with Crippen LogP contribution >= 0.6 is 0 Å². The first-order chi connectivity index (χ1) is 13.1. The maximum atomic E-state index is 13.1. The van der Waals surface area contributed by atoms with Crippen molar-refractivity contribution in [2.45, 2.75) is 50.9 Å². The van der Waals surface area contributed by atoms with Crippen LogP contribution in [0.1, 0.15) is 30.9 Å². The Morgan fingerprint density at radius 3 is 2.68 bits per heavy atom. The van der Waals surface area contributed by atoms with Gasteiger partial charge in [0.05, 0.1) is 17.5 Å². The molecule has 0 spiro atoms. The predicted octanol–water partition coefficient (Wildman–Crippen LogP) is 4.13. The summed E-state index contributed by atoms with van der Waals surface area (Å²) in [6.07, 6.45) is -2.32. The average molecular weight is 390 g/mol. The molecule has 0 unspecified atom stereocenters. The van der Waals surface area contributed by atoms with Crippen molar-refractivity contribution in [1.29, 1.82) is 0 Å². The van der Waals surface area contributed by atoms with Gasteiger partial charge in [0.1, 0.15) is 5.69 Å². The molecule has 0 bridgehead atoms. The van der Waals surface area contributed by atoms with E-state index in [-0.39, 0.29) is 11.6 Å². The number of benzene rings is 1. The van der Waals surface area contributed by atoms with Gasteiger partial charge in [0, 0.05) is 17.8 Å². The van der Waals surface area contributed by atoms with E-state index in [1.165, 1.54) is 0 Å². The first kappa shape index (κ1) is 18.7. The van der Waals surface area contributed by atoms with Gasteiger partial charge < -0.3 is 10.4 Å². The average Bonchev–Trinajstić information content (AvgIpc) is 3.03. The molecule has 0 aliphatic heterocycles. The van der Waals surface area contributed by atoms with Crippen molar-refractivity contribution in [3.05, 3.63) is 47.7 Å². The lowest BCUT2D eigenvalue weighted by molar-refractivity contribution is -0.127. The van der Waals surface area contributed by atoms with Crippen LogP contribution in [0.5, 0.6) is 0 Å². The summed E-state index contributed by atoms with van der Waals surface area (Å²) in [6, 6.07) is 8.70. The highest BCUT2D eigenvalue weighted by molar-refractivity contribution is 5.80. The Kier molecular flexibility index (Phi) is 4.33. The molecule has 0 atom stereocenters. The molecule has 2 aromatic heterocycles. The van der Waals surface area contributed by atoms with E-state index < -0.39 is 18.2 Å². The summed E-state index contributed by atoms with van der Waals surface area (Å²) in [5.41, 5.74) is 1.79. The van der Waals surface area contributed by atoms with Crippen molar-refractivity contribution < 1.29 is 18.3 Å². The molecule has 148 valence electrons. The van der Waals surface area contributed by atoms with E-state index in [9.17, 15) is 18.3 Å². The zero-order chi connectivity index (χ0) is 20.1. The van der Waals surface area contributed by atoms with Crippen molar-refractivity contribution in [3.63, 3.8) is 0 Å². The van der Waals surface area contributed by atoms with Crippen LogP contribution in [0.15, 0.2) is 36.5 Å². The molecule has 8 heteroatoms. The monoisotopic (exact) mass is 390 g/mol. The number of nitrogens with one attached hydrogen (secondary N) is 1. The number of aryl methyl sites for hydroxylation is 1. The van der Waals surface area contributed by atoms with Crippen LogP contribution in [-0.2, 0) is 6.42 Å². The molecule has 1 saturated carbocycles. The third-order valence-corrected chi connectivity index (χ3v) is 5.08. The fourth-order valence-corrected chi connectivity index (χ4v) is 3.85. The maximum Gasteiger partial charge on any atom is 0.393 e. The molecule has 1 aliphatic rings. The van der Waals surface area contributed by atoms with E-state index in [0.29, 0.717) is 35.6 Å². The highest BCUT2D eigenvalue weighted by Gasteiger charge is 2.38. The van der Waals surface area contributed by atoms with E-state index in [2.05, 4.69) is 15.5 Å². The van der Waals surface area contributed by atoms with Gasteiger partial charge in [-0.15, -0.1) is 10.2 Å². The molecule has 1 aliphatic carbocycles. The van der Waals surface area contributed by atoms with Crippen LogP contribution in [0.25, 0.3) is 16.8 Å². The molecular formula is C20H21F3N4O. The van der Waals surface area contributed by atoms with Gasteiger partial charge in [-0.3, -0.25) is 4.40 Å². The number of alkyl halides is 3. The Morgan fingerprint density at radius 1 is 1.25 bits per heavy atom. The van der Waals surface area contributed by atoms with E-state index >= 15 is 0 Å². The molecule has 0 saturated heterocycles. The molecule has 0 radical (unpaired) electrons. The number of nitrogens with zero attached hydrogens (tertiary/aromatic N) is 3. The summed E-state index contributed by atoms with van der Waals surface area (Å²) >= 11 is 0.